The van der Waals surface area contributed by atoms with Gasteiger partial charge in [-0.2, -0.15) is 0 Å². The molecule has 1 atom stereocenters. The van der Waals surface area contributed by atoms with Gasteiger partial charge in [0.2, 0.25) is 0 Å². The summed E-state index contributed by atoms with van der Waals surface area (Å²) in [6, 6.07) is 4.46. The molecule has 1 aromatic carbocycles. The second-order valence-electron chi connectivity index (χ2n) is 6.03. The first-order chi connectivity index (χ1) is 10.2. The summed E-state index contributed by atoms with van der Waals surface area (Å²) in [4.78, 5) is 2.45. The number of fused-ring (bicyclic) bond motifs is 1. The molecule has 0 radical (unpaired) electrons. The van der Waals surface area contributed by atoms with E-state index in [1.54, 1.807) is 7.11 Å². The van der Waals surface area contributed by atoms with E-state index in [0.717, 1.165) is 48.6 Å². The van der Waals surface area contributed by atoms with Gasteiger partial charge in [-0.15, -0.1) is 0 Å². The molecular weight excluding hydrogens is 288 g/mol. The fourth-order valence-corrected chi connectivity index (χ4v) is 4.12. The van der Waals surface area contributed by atoms with Gasteiger partial charge >= 0.3 is 0 Å². The summed E-state index contributed by atoms with van der Waals surface area (Å²) in [5.74, 6) is 0.895. The lowest BCUT2D eigenvalue weighted by Crippen LogP contribution is -2.40. The molecule has 1 aliphatic carbocycles. The minimum atomic E-state index is -0.138. The number of nitrogens with zero attached hydrogens (tertiary/aromatic N) is 1. The van der Waals surface area contributed by atoms with Gasteiger partial charge in [0.15, 0.2) is 0 Å². The van der Waals surface area contributed by atoms with Gasteiger partial charge in [0.05, 0.1) is 13.2 Å². The molecule has 1 unspecified atom stereocenters. The van der Waals surface area contributed by atoms with Crippen LogP contribution in [0.3, 0.4) is 0 Å². The number of benzene rings is 1. The van der Waals surface area contributed by atoms with Gasteiger partial charge in [-0.05, 0) is 43.4 Å². The van der Waals surface area contributed by atoms with Crippen LogP contribution in [-0.2, 0) is 6.54 Å². The lowest BCUT2D eigenvalue weighted by atomic mass is 9.91. The first kappa shape index (κ1) is 15.1. The van der Waals surface area contributed by atoms with E-state index in [1.807, 2.05) is 12.1 Å². The van der Waals surface area contributed by atoms with Crippen LogP contribution in [0.5, 0.6) is 5.75 Å². The predicted molar refractivity (Wildman–Crippen MR) is 83.6 cm³/mol. The summed E-state index contributed by atoms with van der Waals surface area (Å²) >= 11 is 6.42. The van der Waals surface area contributed by atoms with E-state index < -0.39 is 0 Å². The van der Waals surface area contributed by atoms with Gasteiger partial charge in [-0.25, -0.2) is 0 Å². The average molecular weight is 311 g/mol. The van der Waals surface area contributed by atoms with Crippen molar-refractivity contribution < 1.29 is 9.84 Å². The maximum absolute atomic E-state index is 9.71. The van der Waals surface area contributed by atoms with E-state index in [2.05, 4.69) is 4.90 Å². The Morgan fingerprint density at radius 1 is 1.33 bits per heavy atom. The van der Waals surface area contributed by atoms with Crippen LogP contribution in [0, 0.1) is 0 Å². The Balaban J connectivity index is 1.90. The van der Waals surface area contributed by atoms with Gasteiger partial charge in [-0.1, -0.05) is 11.6 Å². The minimum absolute atomic E-state index is 0.138. The Morgan fingerprint density at radius 2 is 2.05 bits per heavy atom. The van der Waals surface area contributed by atoms with Crippen molar-refractivity contribution >= 4 is 11.6 Å². The number of ether oxygens (including phenoxy) is 1. The molecule has 5 heteroatoms. The van der Waals surface area contributed by atoms with Crippen molar-refractivity contribution in [3.63, 3.8) is 0 Å². The molecule has 1 heterocycles. The average Bonchev–Trinajstić information content (AvgIpc) is 2.89. The Hall–Kier alpha value is -0.810. The summed E-state index contributed by atoms with van der Waals surface area (Å²) in [5.41, 5.74) is 8.34. The van der Waals surface area contributed by atoms with Crippen LogP contribution in [0.25, 0.3) is 0 Å². The lowest BCUT2D eigenvalue weighted by Gasteiger charge is -2.36. The van der Waals surface area contributed by atoms with Crippen molar-refractivity contribution in [2.24, 2.45) is 5.73 Å². The highest BCUT2D eigenvalue weighted by molar-refractivity contribution is 6.31. The van der Waals surface area contributed by atoms with Crippen LogP contribution in [0.2, 0.25) is 5.02 Å². The molecule has 1 fully saturated rings. The largest absolute Gasteiger partial charge is 0.496 e. The molecule has 0 aromatic heterocycles. The zero-order valence-electron chi connectivity index (χ0n) is 12.4. The minimum Gasteiger partial charge on any atom is -0.496 e. The third-order valence-electron chi connectivity index (χ3n) is 4.91. The second-order valence-corrected chi connectivity index (χ2v) is 6.44. The summed E-state index contributed by atoms with van der Waals surface area (Å²) in [5, 5.41) is 10.5. The zero-order valence-corrected chi connectivity index (χ0v) is 13.1. The van der Waals surface area contributed by atoms with Crippen molar-refractivity contribution in [1.29, 1.82) is 0 Å². The summed E-state index contributed by atoms with van der Waals surface area (Å²) in [7, 11) is 1.70. The number of nitrogens with two attached hydrogens (primary N) is 1. The highest BCUT2D eigenvalue weighted by Crippen LogP contribution is 2.45. The SMILES string of the molecule is COc1ccc(Cl)c2c1CN(C1CCC(O)CC1)C2CN. The Kier molecular flexibility index (Phi) is 4.41. The first-order valence-corrected chi connectivity index (χ1v) is 8.02. The van der Waals surface area contributed by atoms with E-state index in [4.69, 9.17) is 22.1 Å². The van der Waals surface area contributed by atoms with E-state index in [1.165, 1.54) is 5.56 Å². The molecule has 1 aromatic rings. The molecular formula is C16H23ClN2O2. The van der Waals surface area contributed by atoms with Crippen molar-refractivity contribution in [2.75, 3.05) is 13.7 Å². The maximum Gasteiger partial charge on any atom is 0.123 e. The Morgan fingerprint density at radius 3 is 2.67 bits per heavy atom. The Bertz CT molecular complexity index is 515. The van der Waals surface area contributed by atoms with E-state index >= 15 is 0 Å². The number of rotatable bonds is 3. The quantitative estimate of drug-likeness (QED) is 0.900. The van der Waals surface area contributed by atoms with Crippen LogP contribution in [-0.4, -0.2) is 35.8 Å². The number of aliphatic hydroxyl groups excluding tert-OH is 1. The zero-order chi connectivity index (χ0) is 15.0. The predicted octanol–water partition coefficient (Wildman–Crippen LogP) is 2.47. The van der Waals surface area contributed by atoms with E-state index in [9.17, 15) is 5.11 Å². The topological polar surface area (TPSA) is 58.7 Å². The number of hydrogen-bond acceptors (Lipinski definition) is 4. The smallest absolute Gasteiger partial charge is 0.123 e. The molecule has 3 N–H and O–H groups in total. The highest BCUT2D eigenvalue weighted by atomic mass is 35.5. The second kappa shape index (κ2) is 6.13. The van der Waals surface area contributed by atoms with E-state index in [-0.39, 0.29) is 12.1 Å². The third kappa shape index (κ3) is 2.66. The van der Waals surface area contributed by atoms with Gasteiger partial charge in [0, 0.05) is 35.8 Å². The fraction of sp³-hybridized carbons (Fsp3) is 0.625. The number of methoxy groups -OCH3 is 1. The molecule has 0 saturated heterocycles. The Labute approximate surface area is 130 Å². The molecule has 1 aliphatic heterocycles. The van der Waals surface area contributed by atoms with Gasteiger partial charge < -0.3 is 15.6 Å². The molecule has 0 amide bonds. The van der Waals surface area contributed by atoms with Crippen LogP contribution < -0.4 is 10.5 Å². The highest BCUT2D eigenvalue weighted by Gasteiger charge is 2.38. The van der Waals surface area contributed by atoms with E-state index in [0.29, 0.717) is 12.6 Å². The molecule has 116 valence electrons. The van der Waals surface area contributed by atoms with Crippen molar-refractivity contribution in [3.05, 3.63) is 28.3 Å². The molecule has 4 nitrogen and oxygen atoms in total. The van der Waals surface area contributed by atoms with Gasteiger partial charge in [0.25, 0.3) is 0 Å². The van der Waals surface area contributed by atoms with Crippen molar-refractivity contribution in [3.8, 4) is 5.75 Å². The van der Waals surface area contributed by atoms with Gasteiger partial charge in [0.1, 0.15) is 5.75 Å². The lowest BCUT2D eigenvalue weighted by molar-refractivity contribution is 0.0570. The van der Waals surface area contributed by atoms with Crippen molar-refractivity contribution in [2.45, 2.75) is 50.4 Å². The van der Waals surface area contributed by atoms with Crippen LogP contribution >= 0.6 is 11.6 Å². The van der Waals surface area contributed by atoms with Gasteiger partial charge in [-0.3, -0.25) is 4.90 Å². The van der Waals surface area contributed by atoms with Crippen LogP contribution in [0.1, 0.15) is 42.9 Å². The number of aliphatic hydroxyl groups is 1. The molecule has 0 bridgehead atoms. The number of hydrogen-bond donors (Lipinski definition) is 2. The molecule has 1 saturated carbocycles. The normalized spacial score (nSPS) is 29.4. The maximum atomic E-state index is 9.71. The number of halogens is 1. The molecule has 2 aliphatic rings. The first-order valence-electron chi connectivity index (χ1n) is 7.64. The summed E-state index contributed by atoms with van der Waals surface area (Å²) in [6.45, 7) is 1.39. The third-order valence-corrected chi connectivity index (χ3v) is 5.24. The molecule has 21 heavy (non-hydrogen) atoms. The van der Waals surface area contributed by atoms with Crippen LogP contribution in [0.15, 0.2) is 12.1 Å². The monoisotopic (exact) mass is 310 g/mol. The molecule has 0 spiro atoms. The van der Waals surface area contributed by atoms with Crippen molar-refractivity contribution in [1.82, 2.24) is 4.90 Å². The summed E-state index contributed by atoms with van der Waals surface area (Å²) < 4.78 is 5.49. The summed E-state index contributed by atoms with van der Waals surface area (Å²) in [6.07, 6.45) is 3.65. The fourth-order valence-electron chi connectivity index (χ4n) is 3.82. The standard InChI is InChI=1S/C16H23ClN2O2/c1-21-15-7-6-13(17)16-12(15)9-19(14(16)8-18)10-2-4-11(20)5-3-10/h6-7,10-11,14,20H,2-5,8-9,18H2,1H3. The van der Waals surface area contributed by atoms with Crippen LogP contribution in [0.4, 0.5) is 0 Å². The molecule has 3 rings (SSSR count).